The Morgan fingerprint density at radius 1 is 1.35 bits per heavy atom. The maximum absolute atomic E-state index is 11.7. The van der Waals surface area contributed by atoms with Gasteiger partial charge in [0.05, 0.1) is 5.56 Å². The van der Waals surface area contributed by atoms with Crippen molar-refractivity contribution < 1.29 is 14.6 Å². The van der Waals surface area contributed by atoms with E-state index in [0.29, 0.717) is 10.3 Å². The van der Waals surface area contributed by atoms with Gasteiger partial charge in [0, 0.05) is 18.3 Å². The van der Waals surface area contributed by atoms with Crippen LogP contribution in [0, 0.1) is 5.21 Å². The third-order valence-electron chi connectivity index (χ3n) is 2.08. The highest BCUT2D eigenvalue weighted by Crippen LogP contribution is 2.18. The molecule has 0 saturated carbocycles. The normalized spacial score (nSPS) is 9.88. The van der Waals surface area contributed by atoms with Crippen LogP contribution in [0.4, 0.5) is 5.82 Å². The summed E-state index contributed by atoms with van der Waals surface area (Å²) in [6.45, 7) is 0. The number of hydrogen-bond acceptors (Lipinski definition) is 4. The second-order valence-electron chi connectivity index (χ2n) is 3.27. The van der Waals surface area contributed by atoms with Crippen molar-refractivity contribution in [2.24, 2.45) is 0 Å². The highest BCUT2D eigenvalue weighted by molar-refractivity contribution is 6.04. The molecule has 1 amide bonds. The maximum atomic E-state index is 11.7. The molecule has 17 heavy (non-hydrogen) atoms. The lowest BCUT2D eigenvalue weighted by atomic mass is 10.2. The maximum Gasteiger partial charge on any atom is 0.257 e. The van der Waals surface area contributed by atoms with E-state index in [0.717, 1.165) is 0 Å². The zero-order valence-corrected chi connectivity index (χ0v) is 8.70. The molecule has 0 spiro atoms. The SMILES string of the molecule is O=C(Nc1ncccc1O)c1cc[n+]([O-])cc1. The van der Waals surface area contributed by atoms with E-state index < -0.39 is 5.91 Å². The lowest BCUT2D eigenvalue weighted by molar-refractivity contribution is -0.605. The van der Waals surface area contributed by atoms with Gasteiger partial charge in [0.2, 0.25) is 0 Å². The second-order valence-corrected chi connectivity index (χ2v) is 3.27. The second kappa shape index (κ2) is 4.48. The van der Waals surface area contributed by atoms with E-state index in [1.165, 1.54) is 36.8 Å². The van der Waals surface area contributed by atoms with Gasteiger partial charge < -0.3 is 15.6 Å². The van der Waals surface area contributed by atoms with Crippen molar-refractivity contribution in [2.45, 2.75) is 0 Å². The van der Waals surface area contributed by atoms with E-state index in [4.69, 9.17) is 0 Å². The summed E-state index contributed by atoms with van der Waals surface area (Å²) in [5, 5.41) is 22.6. The smallest absolute Gasteiger partial charge is 0.257 e. The summed E-state index contributed by atoms with van der Waals surface area (Å²) >= 11 is 0. The number of aromatic nitrogens is 2. The summed E-state index contributed by atoms with van der Waals surface area (Å²) in [5.74, 6) is -0.480. The average molecular weight is 231 g/mol. The number of pyridine rings is 2. The number of nitrogens with one attached hydrogen (secondary N) is 1. The van der Waals surface area contributed by atoms with Crippen LogP contribution in [0.3, 0.4) is 0 Å². The topological polar surface area (TPSA) is 89.2 Å². The number of carbonyl (C=O) groups excluding carboxylic acids is 1. The summed E-state index contributed by atoms with van der Waals surface area (Å²) in [7, 11) is 0. The molecule has 0 aliphatic heterocycles. The lowest BCUT2D eigenvalue weighted by Crippen LogP contribution is -2.25. The predicted molar refractivity (Wildman–Crippen MR) is 59.3 cm³/mol. The van der Waals surface area contributed by atoms with Gasteiger partial charge in [-0.05, 0) is 12.1 Å². The van der Waals surface area contributed by atoms with E-state index in [9.17, 15) is 15.1 Å². The Bertz CT molecular complexity index is 540. The minimum Gasteiger partial charge on any atom is -0.619 e. The molecule has 2 aromatic heterocycles. The molecule has 0 aromatic carbocycles. The van der Waals surface area contributed by atoms with Gasteiger partial charge in [-0.3, -0.25) is 4.79 Å². The number of aromatic hydroxyl groups is 1. The first-order chi connectivity index (χ1) is 8.16. The fraction of sp³-hybridized carbons (Fsp3) is 0. The van der Waals surface area contributed by atoms with Gasteiger partial charge in [0.1, 0.15) is 0 Å². The van der Waals surface area contributed by atoms with Crippen LogP contribution in [0.1, 0.15) is 10.4 Å². The Labute approximate surface area is 96.8 Å². The van der Waals surface area contributed by atoms with Crippen molar-refractivity contribution in [3.63, 3.8) is 0 Å². The van der Waals surface area contributed by atoms with E-state index in [1.54, 1.807) is 6.07 Å². The summed E-state index contributed by atoms with van der Waals surface area (Å²) in [6.07, 6.45) is 3.88. The minimum absolute atomic E-state index is 0.0800. The molecule has 0 fully saturated rings. The average Bonchev–Trinajstić information content (AvgIpc) is 2.33. The quantitative estimate of drug-likeness (QED) is 0.587. The van der Waals surface area contributed by atoms with Crippen LogP contribution in [0.15, 0.2) is 42.9 Å². The fourth-order valence-corrected chi connectivity index (χ4v) is 1.24. The zero-order chi connectivity index (χ0) is 12.3. The Morgan fingerprint density at radius 3 is 2.71 bits per heavy atom. The van der Waals surface area contributed by atoms with E-state index in [2.05, 4.69) is 10.3 Å². The van der Waals surface area contributed by atoms with Crippen molar-refractivity contribution in [1.82, 2.24) is 4.98 Å². The molecule has 2 rings (SSSR count). The monoisotopic (exact) mass is 231 g/mol. The largest absolute Gasteiger partial charge is 0.619 e. The van der Waals surface area contributed by atoms with Crippen molar-refractivity contribution >= 4 is 11.7 Å². The van der Waals surface area contributed by atoms with Gasteiger partial charge in [-0.2, -0.15) is 4.73 Å². The molecular formula is C11H9N3O3. The van der Waals surface area contributed by atoms with E-state index in [1.807, 2.05) is 0 Å². The number of nitrogens with zero attached hydrogens (tertiary/aromatic N) is 2. The zero-order valence-electron chi connectivity index (χ0n) is 8.70. The molecule has 6 heteroatoms. The molecule has 86 valence electrons. The van der Waals surface area contributed by atoms with Gasteiger partial charge in [-0.25, -0.2) is 4.98 Å². The predicted octanol–water partition coefficient (Wildman–Crippen LogP) is 0.673. The first-order valence-electron chi connectivity index (χ1n) is 4.81. The van der Waals surface area contributed by atoms with Gasteiger partial charge >= 0.3 is 0 Å². The highest BCUT2D eigenvalue weighted by atomic mass is 16.5. The minimum atomic E-state index is -0.445. The number of amides is 1. The summed E-state index contributed by atoms with van der Waals surface area (Å²) in [4.78, 5) is 15.5. The fourth-order valence-electron chi connectivity index (χ4n) is 1.24. The molecule has 0 unspecified atom stereocenters. The number of anilines is 1. The first kappa shape index (κ1) is 10.9. The molecule has 2 heterocycles. The standard InChI is InChI=1S/C11H9N3O3/c15-9-2-1-5-12-10(9)13-11(16)8-3-6-14(17)7-4-8/h1-7,15H,(H,12,13,16). The molecule has 0 atom stereocenters. The van der Waals surface area contributed by atoms with Crippen molar-refractivity contribution in [3.05, 3.63) is 53.6 Å². The Balaban J connectivity index is 2.17. The van der Waals surface area contributed by atoms with Crippen LogP contribution in [0.25, 0.3) is 0 Å². The van der Waals surface area contributed by atoms with Crippen LogP contribution >= 0.6 is 0 Å². The lowest BCUT2D eigenvalue weighted by Gasteiger charge is -2.05. The van der Waals surface area contributed by atoms with Crippen LogP contribution in [0.5, 0.6) is 5.75 Å². The van der Waals surface area contributed by atoms with Crippen molar-refractivity contribution in [3.8, 4) is 5.75 Å². The van der Waals surface area contributed by atoms with Crippen molar-refractivity contribution in [1.29, 1.82) is 0 Å². The summed E-state index contributed by atoms with van der Waals surface area (Å²) in [5.41, 5.74) is 0.308. The molecule has 0 radical (unpaired) electrons. The van der Waals surface area contributed by atoms with E-state index in [-0.39, 0.29) is 11.6 Å². The van der Waals surface area contributed by atoms with Crippen LogP contribution in [-0.2, 0) is 0 Å². The van der Waals surface area contributed by atoms with Crippen LogP contribution in [0.2, 0.25) is 0 Å². The van der Waals surface area contributed by atoms with Crippen molar-refractivity contribution in [2.75, 3.05) is 5.32 Å². The molecular weight excluding hydrogens is 222 g/mol. The van der Waals surface area contributed by atoms with Gasteiger partial charge in [-0.1, -0.05) is 0 Å². The molecule has 0 aliphatic rings. The highest BCUT2D eigenvalue weighted by Gasteiger charge is 2.10. The van der Waals surface area contributed by atoms with Gasteiger partial charge in [0.25, 0.3) is 5.91 Å². The Kier molecular flexibility index (Phi) is 2.87. The number of hydrogen-bond donors (Lipinski definition) is 2. The Morgan fingerprint density at radius 2 is 2.06 bits per heavy atom. The molecule has 6 nitrogen and oxygen atoms in total. The third kappa shape index (κ3) is 2.49. The third-order valence-corrected chi connectivity index (χ3v) is 2.08. The van der Waals surface area contributed by atoms with Crippen LogP contribution < -0.4 is 10.0 Å². The van der Waals surface area contributed by atoms with E-state index >= 15 is 0 Å². The molecule has 2 aromatic rings. The number of rotatable bonds is 2. The molecule has 0 saturated heterocycles. The molecule has 0 bridgehead atoms. The van der Waals surface area contributed by atoms with Gasteiger partial charge in [-0.15, -0.1) is 0 Å². The Hall–Kier alpha value is -2.63. The summed E-state index contributed by atoms with van der Waals surface area (Å²) in [6, 6.07) is 5.72. The van der Waals surface area contributed by atoms with Crippen LogP contribution in [-0.4, -0.2) is 16.0 Å². The molecule has 2 N–H and O–H groups in total. The number of carbonyl (C=O) groups is 1. The molecule has 0 aliphatic carbocycles. The first-order valence-corrected chi connectivity index (χ1v) is 4.81. The van der Waals surface area contributed by atoms with Gasteiger partial charge in [0.15, 0.2) is 24.0 Å². The summed E-state index contributed by atoms with van der Waals surface area (Å²) < 4.78 is 0.578.